The maximum absolute atomic E-state index is 13.9. The van der Waals surface area contributed by atoms with E-state index in [0.29, 0.717) is 29.2 Å². The summed E-state index contributed by atoms with van der Waals surface area (Å²) in [6.45, 7) is 2.24. The molecule has 1 aliphatic rings. The van der Waals surface area contributed by atoms with Crippen LogP contribution in [0.3, 0.4) is 0 Å². The Kier molecular flexibility index (Phi) is 10.7. The Hall–Kier alpha value is -2.05. The van der Waals surface area contributed by atoms with Crippen LogP contribution in [0.4, 0.5) is 30.7 Å². The summed E-state index contributed by atoms with van der Waals surface area (Å²) in [5.74, 6) is -10.2. The molecule has 1 saturated carbocycles. The third-order valence-corrected chi connectivity index (χ3v) is 8.03. The normalized spacial score (nSPS) is 19.1. The van der Waals surface area contributed by atoms with Gasteiger partial charge >= 0.3 is 18.0 Å². The lowest BCUT2D eigenvalue weighted by Crippen LogP contribution is -2.49. The van der Waals surface area contributed by atoms with Gasteiger partial charge in [-0.1, -0.05) is 113 Å². The minimum Gasteiger partial charge on any atom is -0.194 e. The summed E-state index contributed by atoms with van der Waals surface area (Å²) in [6, 6.07) is 11.3. The van der Waals surface area contributed by atoms with Crippen LogP contribution in [0.15, 0.2) is 48.5 Å². The Morgan fingerprint density at radius 3 is 1.58 bits per heavy atom. The molecule has 0 spiro atoms. The van der Waals surface area contributed by atoms with Gasteiger partial charge in [-0.05, 0) is 54.2 Å². The van der Waals surface area contributed by atoms with Crippen molar-refractivity contribution in [3.8, 4) is 11.1 Å². The highest BCUT2D eigenvalue weighted by Crippen LogP contribution is 2.51. The summed E-state index contributed by atoms with van der Waals surface area (Å²) in [5.41, 5.74) is 1.01. The van der Waals surface area contributed by atoms with Crippen molar-refractivity contribution in [1.29, 1.82) is 0 Å². The lowest BCUT2D eigenvalue weighted by molar-refractivity contribution is -0.359. The van der Waals surface area contributed by atoms with Crippen LogP contribution < -0.4 is 0 Å². The van der Waals surface area contributed by atoms with Crippen molar-refractivity contribution in [3.05, 3.63) is 59.7 Å². The number of benzene rings is 2. The molecule has 0 amide bonds. The van der Waals surface area contributed by atoms with E-state index in [1.807, 2.05) is 24.3 Å². The van der Waals surface area contributed by atoms with Crippen molar-refractivity contribution in [3.63, 3.8) is 0 Å². The van der Waals surface area contributed by atoms with E-state index < -0.39 is 23.6 Å². The van der Waals surface area contributed by atoms with Crippen LogP contribution in [-0.4, -0.2) is 12.1 Å². The standard InChI is InChI=1S/C31H39F7/c1-2-3-4-5-6-7-8-9-10-23-11-13-24(14-12-23)25-15-17-26(18-16-25)27-19-21-28(22-20-27)29(32,33)30(34,35)31(36,37)38/h15-24H,2-14H2,1H3. The number of alkyl halides is 7. The van der Waals surface area contributed by atoms with Crippen molar-refractivity contribution in [2.45, 2.75) is 114 Å². The topological polar surface area (TPSA) is 0 Å². The van der Waals surface area contributed by atoms with Crippen molar-refractivity contribution in [2.75, 3.05) is 0 Å². The molecule has 2 aromatic rings. The summed E-state index contributed by atoms with van der Waals surface area (Å²) in [7, 11) is 0. The highest BCUT2D eigenvalue weighted by atomic mass is 19.4. The van der Waals surface area contributed by atoms with Gasteiger partial charge in [0, 0.05) is 5.56 Å². The van der Waals surface area contributed by atoms with E-state index in [9.17, 15) is 30.7 Å². The zero-order chi connectivity index (χ0) is 27.8. The second-order valence-electron chi connectivity index (χ2n) is 10.8. The number of halogens is 7. The van der Waals surface area contributed by atoms with Gasteiger partial charge in [-0.25, -0.2) is 0 Å². The molecule has 2 aromatic carbocycles. The largest absolute Gasteiger partial charge is 0.460 e. The van der Waals surface area contributed by atoms with E-state index in [0.717, 1.165) is 30.9 Å². The van der Waals surface area contributed by atoms with Crippen molar-refractivity contribution in [1.82, 2.24) is 0 Å². The van der Waals surface area contributed by atoms with Gasteiger partial charge in [0.05, 0.1) is 0 Å². The van der Waals surface area contributed by atoms with Crippen LogP contribution in [0.5, 0.6) is 0 Å². The molecule has 1 aliphatic carbocycles. The van der Waals surface area contributed by atoms with Crippen molar-refractivity contribution in [2.24, 2.45) is 5.92 Å². The molecule has 7 heteroatoms. The fourth-order valence-corrected chi connectivity index (χ4v) is 5.53. The summed E-state index contributed by atoms with van der Waals surface area (Å²) in [5, 5.41) is 0. The zero-order valence-electron chi connectivity index (χ0n) is 22.1. The quantitative estimate of drug-likeness (QED) is 0.174. The van der Waals surface area contributed by atoms with Crippen LogP contribution >= 0.6 is 0 Å². The minimum absolute atomic E-state index is 0.473. The van der Waals surface area contributed by atoms with E-state index in [-0.39, 0.29) is 0 Å². The number of hydrogen-bond acceptors (Lipinski definition) is 0. The Bertz CT molecular complexity index is 953. The molecule has 0 heterocycles. The molecular formula is C31H39F7. The lowest BCUT2D eigenvalue weighted by atomic mass is 9.77. The van der Waals surface area contributed by atoms with E-state index in [1.165, 1.54) is 76.2 Å². The Morgan fingerprint density at radius 1 is 0.605 bits per heavy atom. The summed E-state index contributed by atoms with van der Waals surface area (Å²) < 4.78 is 91.9. The summed E-state index contributed by atoms with van der Waals surface area (Å²) in [4.78, 5) is 0. The number of hydrogen-bond donors (Lipinski definition) is 0. The van der Waals surface area contributed by atoms with Gasteiger partial charge in [-0.15, -0.1) is 0 Å². The monoisotopic (exact) mass is 544 g/mol. The van der Waals surface area contributed by atoms with Gasteiger partial charge in [-0.3, -0.25) is 0 Å². The molecule has 0 saturated heterocycles. The molecule has 0 N–H and O–H groups in total. The van der Waals surface area contributed by atoms with Crippen LogP contribution in [-0.2, 0) is 5.92 Å². The average molecular weight is 545 g/mol. The van der Waals surface area contributed by atoms with Crippen molar-refractivity contribution >= 4 is 0 Å². The van der Waals surface area contributed by atoms with Crippen LogP contribution in [0, 0.1) is 5.92 Å². The van der Waals surface area contributed by atoms with Gasteiger partial charge in [0.1, 0.15) is 0 Å². The molecule has 0 radical (unpaired) electrons. The van der Waals surface area contributed by atoms with E-state index >= 15 is 0 Å². The predicted molar refractivity (Wildman–Crippen MR) is 139 cm³/mol. The first-order chi connectivity index (χ1) is 18.0. The second-order valence-corrected chi connectivity index (χ2v) is 10.8. The molecule has 0 unspecified atom stereocenters. The van der Waals surface area contributed by atoms with Crippen LogP contribution in [0.1, 0.15) is 107 Å². The molecule has 3 rings (SSSR count). The SMILES string of the molecule is CCCCCCCCCCC1CCC(c2ccc(-c3ccc(C(F)(F)C(F)(F)C(F)(F)F)cc3)cc2)CC1. The second kappa shape index (κ2) is 13.3. The molecule has 0 aliphatic heterocycles. The smallest absolute Gasteiger partial charge is 0.194 e. The van der Waals surface area contributed by atoms with Gasteiger partial charge in [0.2, 0.25) is 0 Å². The predicted octanol–water partition coefficient (Wildman–Crippen LogP) is 11.4. The van der Waals surface area contributed by atoms with Gasteiger partial charge < -0.3 is 0 Å². The molecule has 38 heavy (non-hydrogen) atoms. The van der Waals surface area contributed by atoms with Crippen LogP contribution in [0.2, 0.25) is 0 Å². The average Bonchev–Trinajstić information content (AvgIpc) is 2.90. The fraction of sp³-hybridized carbons (Fsp3) is 0.613. The molecule has 0 bridgehead atoms. The maximum atomic E-state index is 13.9. The third-order valence-electron chi connectivity index (χ3n) is 8.03. The first kappa shape index (κ1) is 30.5. The molecule has 0 nitrogen and oxygen atoms in total. The first-order valence-corrected chi connectivity index (χ1v) is 14.0. The lowest BCUT2D eigenvalue weighted by Gasteiger charge is -2.29. The third kappa shape index (κ3) is 7.53. The number of rotatable bonds is 13. The highest BCUT2D eigenvalue weighted by molar-refractivity contribution is 5.64. The Labute approximate surface area is 222 Å². The van der Waals surface area contributed by atoms with E-state index in [4.69, 9.17) is 0 Å². The van der Waals surface area contributed by atoms with E-state index in [2.05, 4.69) is 6.92 Å². The zero-order valence-corrected chi connectivity index (χ0v) is 22.1. The highest BCUT2D eigenvalue weighted by Gasteiger charge is 2.73. The first-order valence-electron chi connectivity index (χ1n) is 14.0. The summed E-state index contributed by atoms with van der Waals surface area (Å²) >= 11 is 0. The van der Waals surface area contributed by atoms with Gasteiger partial charge in [0.25, 0.3) is 0 Å². The molecule has 0 atom stereocenters. The molecule has 1 fully saturated rings. The molecular weight excluding hydrogens is 505 g/mol. The minimum atomic E-state index is -6.35. The number of unbranched alkanes of at least 4 members (excludes halogenated alkanes) is 7. The van der Waals surface area contributed by atoms with Gasteiger partial charge in [0.15, 0.2) is 0 Å². The fourth-order valence-electron chi connectivity index (χ4n) is 5.53. The summed E-state index contributed by atoms with van der Waals surface area (Å²) in [6.07, 6.45) is 10.4. The molecule has 0 aromatic heterocycles. The maximum Gasteiger partial charge on any atom is 0.460 e. The van der Waals surface area contributed by atoms with Gasteiger partial charge in [-0.2, -0.15) is 30.7 Å². The molecule has 212 valence electrons. The van der Waals surface area contributed by atoms with E-state index in [1.54, 1.807) is 0 Å². The Morgan fingerprint density at radius 2 is 1.08 bits per heavy atom. The Balaban J connectivity index is 1.48. The van der Waals surface area contributed by atoms with Crippen molar-refractivity contribution < 1.29 is 30.7 Å². The van der Waals surface area contributed by atoms with Crippen LogP contribution in [0.25, 0.3) is 11.1 Å².